The van der Waals surface area contributed by atoms with Gasteiger partial charge < -0.3 is 15.4 Å². The highest BCUT2D eigenvalue weighted by Crippen LogP contribution is 2.31. The predicted octanol–water partition coefficient (Wildman–Crippen LogP) is 1.71. The quantitative estimate of drug-likeness (QED) is 0.882. The molecule has 104 valence electrons. The van der Waals surface area contributed by atoms with Crippen LogP contribution < -0.4 is 5.73 Å². The lowest BCUT2D eigenvalue weighted by Gasteiger charge is -2.44. The Morgan fingerprint density at radius 1 is 1.37 bits per heavy atom. The lowest BCUT2D eigenvalue weighted by Crippen LogP contribution is -2.57. The summed E-state index contributed by atoms with van der Waals surface area (Å²) >= 11 is 0. The predicted molar refractivity (Wildman–Crippen MR) is 74.6 cm³/mol. The Hall–Kier alpha value is -1.39. The summed E-state index contributed by atoms with van der Waals surface area (Å²) in [5.74, 6) is -0.00997. The third-order valence-corrected chi connectivity index (χ3v) is 3.64. The van der Waals surface area contributed by atoms with Crippen LogP contribution in [0.3, 0.4) is 0 Å². The first-order valence-electron chi connectivity index (χ1n) is 6.76. The van der Waals surface area contributed by atoms with E-state index in [9.17, 15) is 4.79 Å². The number of nitrogens with two attached hydrogens (primary N) is 1. The van der Waals surface area contributed by atoms with Crippen LogP contribution in [0, 0.1) is 0 Å². The molecule has 2 rings (SSSR count). The molecule has 1 aromatic rings. The van der Waals surface area contributed by atoms with Crippen molar-refractivity contribution in [1.82, 2.24) is 4.90 Å². The van der Waals surface area contributed by atoms with E-state index in [4.69, 9.17) is 10.5 Å². The van der Waals surface area contributed by atoms with Gasteiger partial charge in [-0.3, -0.25) is 4.79 Å². The first-order chi connectivity index (χ1) is 9.02. The van der Waals surface area contributed by atoms with Gasteiger partial charge in [-0.1, -0.05) is 30.3 Å². The number of morpholine rings is 1. The van der Waals surface area contributed by atoms with Gasteiger partial charge >= 0.3 is 0 Å². The molecule has 2 N–H and O–H groups in total. The summed E-state index contributed by atoms with van der Waals surface area (Å²) < 4.78 is 5.91. The number of hydrogen-bond donors (Lipinski definition) is 1. The number of benzene rings is 1. The highest BCUT2D eigenvalue weighted by atomic mass is 16.5. The molecular formula is C15H22N2O2. The minimum atomic E-state index is -0.473. The Labute approximate surface area is 114 Å². The second kappa shape index (κ2) is 5.72. The number of hydrogen-bond acceptors (Lipinski definition) is 3. The van der Waals surface area contributed by atoms with E-state index in [2.05, 4.69) is 0 Å². The molecule has 1 heterocycles. The zero-order chi connectivity index (χ0) is 14.0. The number of ether oxygens (including phenoxy) is 1. The fourth-order valence-electron chi connectivity index (χ4n) is 2.68. The molecule has 1 aliphatic rings. The van der Waals surface area contributed by atoms with Gasteiger partial charge in [-0.05, 0) is 26.3 Å². The van der Waals surface area contributed by atoms with Crippen LogP contribution in [0.15, 0.2) is 30.3 Å². The smallest absolute Gasteiger partial charge is 0.239 e. The molecule has 4 heteroatoms. The highest BCUT2D eigenvalue weighted by Gasteiger charge is 2.37. The minimum absolute atomic E-state index is 0.00958. The molecule has 0 bridgehead atoms. The van der Waals surface area contributed by atoms with Crippen LogP contribution in [0.5, 0.6) is 0 Å². The van der Waals surface area contributed by atoms with Gasteiger partial charge in [0.1, 0.15) is 6.10 Å². The summed E-state index contributed by atoms with van der Waals surface area (Å²) in [5.41, 5.74) is 6.84. The zero-order valence-electron chi connectivity index (χ0n) is 11.7. The molecule has 0 spiro atoms. The van der Waals surface area contributed by atoms with E-state index in [0.717, 1.165) is 5.56 Å². The van der Waals surface area contributed by atoms with Gasteiger partial charge in [0.25, 0.3) is 0 Å². The maximum absolute atomic E-state index is 12.2. The molecule has 0 aromatic heterocycles. The van der Waals surface area contributed by atoms with E-state index in [0.29, 0.717) is 6.61 Å². The highest BCUT2D eigenvalue weighted by molar-refractivity contribution is 5.82. The topological polar surface area (TPSA) is 55.6 Å². The van der Waals surface area contributed by atoms with Crippen molar-refractivity contribution in [2.24, 2.45) is 5.73 Å². The van der Waals surface area contributed by atoms with Crippen molar-refractivity contribution < 1.29 is 9.53 Å². The number of carbonyl (C=O) groups excluding carboxylic acids is 1. The van der Waals surface area contributed by atoms with Gasteiger partial charge in [-0.25, -0.2) is 0 Å². The maximum Gasteiger partial charge on any atom is 0.239 e. The van der Waals surface area contributed by atoms with Crippen molar-refractivity contribution in [3.63, 3.8) is 0 Å². The number of amides is 1. The summed E-state index contributed by atoms with van der Waals surface area (Å²) in [6.45, 7) is 6.29. The fourth-order valence-corrected chi connectivity index (χ4v) is 2.68. The summed E-state index contributed by atoms with van der Waals surface area (Å²) in [6, 6.07) is 9.60. The van der Waals surface area contributed by atoms with Crippen LogP contribution >= 0.6 is 0 Å². The molecule has 4 unspecified atom stereocenters. The van der Waals surface area contributed by atoms with Crippen molar-refractivity contribution in [2.75, 3.05) is 6.61 Å². The van der Waals surface area contributed by atoms with Crippen LogP contribution in [0.4, 0.5) is 0 Å². The number of carbonyl (C=O) groups is 1. The van der Waals surface area contributed by atoms with E-state index in [1.807, 2.05) is 49.1 Å². The van der Waals surface area contributed by atoms with Crippen LogP contribution in [-0.2, 0) is 9.53 Å². The Morgan fingerprint density at radius 3 is 2.58 bits per heavy atom. The number of rotatable bonds is 2. The van der Waals surface area contributed by atoms with Crippen molar-refractivity contribution in [3.8, 4) is 0 Å². The van der Waals surface area contributed by atoms with Gasteiger partial charge in [-0.15, -0.1) is 0 Å². The van der Waals surface area contributed by atoms with Crippen molar-refractivity contribution >= 4 is 5.91 Å². The SMILES string of the molecule is CC(N)C(=O)N1C(C)COC(c2ccccc2)C1C. The largest absolute Gasteiger partial charge is 0.369 e. The fraction of sp³-hybridized carbons (Fsp3) is 0.533. The van der Waals surface area contributed by atoms with E-state index >= 15 is 0 Å². The molecule has 0 saturated carbocycles. The maximum atomic E-state index is 12.2. The Bertz CT molecular complexity index is 433. The molecule has 0 radical (unpaired) electrons. The second-order valence-electron chi connectivity index (χ2n) is 5.29. The molecule has 1 amide bonds. The van der Waals surface area contributed by atoms with Gasteiger partial charge in [0.2, 0.25) is 5.91 Å². The molecule has 19 heavy (non-hydrogen) atoms. The average molecular weight is 262 g/mol. The summed E-state index contributed by atoms with van der Waals surface area (Å²) in [7, 11) is 0. The third-order valence-electron chi connectivity index (χ3n) is 3.64. The zero-order valence-corrected chi connectivity index (χ0v) is 11.7. The van der Waals surface area contributed by atoms with Crippen LogP contribution in [0.1, 0.15) is 32.4 Å². The van der Waals surface area contributed by atoms with Crippen molar-refractivity contribution in [2.45, 2.75) is 45.0 Å². The van der Waals surface area contributed by atoms with Gasteiger partial charge in [-0.2, -0.15) is 0 Å². The first kappa shape index (κ1) is 14.0. The summed E-state index contributed by atoms with van der Waals surface area (Å²) in [6.07, 6.45) is -0.0832. The Balaban J connectivity index is 2.23. The summed E-state index contributed by atoms with van der Waals surface area (Å²) in [4.78, 5) is 14.1. The standard InChI is InChI=1S/C15H22N2O2/c1-10-9-19-14(13-7-5-4-6-8-13)12(3)17(10)15(18)11(2)16/h4-8,10-12,14H,9,16H2,1-3H3. The molecule has 0 aliphatic carbocycles. The molecule has 1 aromatic carbocycles. The van der Waals surface area contributed by atoms with E-state index in [-0.39, 0.29) is 24.1 Å². The van der Waals surface area contributed by atoms with E-state index in [1.165, 1.54) is 0 Å². The first-order valence-corrected chi connectivity index (χ1v) is 6.76. The number of nitrogens with zero attached hydrogens (tertiary/aromatic N) is 1. The lowest BCUT2D eigenvalue weighted by molar-refractivity contribution is -0.154. The van der Waals surface area contributed by atoms with Crippen LogP contribution in [0.25, 0.3) is 0 Å². The lowest BCUT2D eigenvalue weighted by atomic mass is 9.98. The summed E-state index contributed by atoms with van der Waals surface area (Å²) in [5, 5.41) is 0. The van der Waals surface area contributed by atoms with Crippen molar-refractivity contribution in [1.29, 1.82) is 0 Å². The van der Waals surface area contributed by atoms with Crippen LogP contribution in [-0.4, -0.2) is 35.5 Å². The molecule has 1 aliphatic heterocycles. The monoisotopic (exact) mass is 262 g/mol. The van der Waals surface area contributed by atoms with Gasteiger partial charge in [0.15, 0.2) is 0 Å². The van der Waals surface area contributed by atoms with E-state index < -0.39 is 6.04 Å². The third kappa shape index (κ3) is 2.80. The molecule has 1 fully saturated rings. The van der Waals surface area contributed by atoms with Gasteiger partial charge in [0, 0.05) is 0 Å². The molecule has 4 atom stereocenters. The minimum Gasteiger partial charge on any atom is -0.369 e. The van der Waals surface area contributed by atoms with Crippen molar-refractivity contribution in [3.05, 3.63) is 35.9 Å². The van der Waals surface area contributed by atoms with Crippen LogP contribution in [0.2, 0.25) is 0 Å². The second-order valence-corrected chi connectivity index (χ2v) is 5.29. The van der Waals surface area contributed by atoms with E-state index in [1.54, 1.807) is 6.92 Å². The normalized spacial score (nSPS) is 29.1. The Kier molecular flexibility index (Phi) is 4.22. The Morgan fingerprint density at radius 2 is 2.00 bits per heavy atom. The average Bonchev–Trinajstić information content (AvgIpc) is 2.39. The molecule has 4 nitrogen and oxygen atoms in total. The molecular weight excluding hydrogens is 240 g/mol. The molecule has 1 saturated heterocycles. The van der Waals surface area contributed by atoms with Gasteiger partial charge in [0.05, 0.1) is 24.7 Å².